The minimum Gasteiger partial charge on any atom is -0.367 e. The number of thiazole rings is 1. The maximum absolute atomic E-state index is 14.1. The molecule has 0 aliphatic carbocycles. The van der Waals surface area contributed by atoms with Gasteiger partial charge in [-0.1, -0.05) is 12.1 Å². The first-order valence-electron chi connectivity index (χ1n) is 8.68. The van der Waals surface area contributed by atoms with Crippen molar-refractivity contribution in [2.24, 2.45) is 5.73 Å². The molecule has 2 heterocycles. The third-order valence-corrected chi connectivity index (χ3v) is 5.82. The molecular formula is C19H22FN3O3S. The van der Waals surface area contributed by atoms with E-state index in [-0.39, 0.29) is 11.7 Å². The summed E-state index contributed by atoms with van der Waals surface area (Å²) in [5.41, 5.74) is 5.46. The number of primary amides is 1. The highest BCUT2D eigenvalue weighted by Gasteiger charge is 2.37. The molecule has 1 aromatic carbocycles. The molecule has 27 heavy (non-hydrogen) atoms. The minimum absolute atomic E-state index is 0.316. The second-order valence-corrected chi connectivity index (χ2v) is 8.31. The lowest BCUT2D eigenvalue weighted by Gasteiger charge is -2.25. The van der Waals surface area contributed by atoms with Crippen LogP contribution in [-0.4, -0.2) is 29.0 Å². The van der Waals surface area contributed by atoms with Gasteiger partial charge in [0, 0.05) is 10.4 Å². The van der Waals surface area contributed by atoms with Gasteiger partial charge >= 0.3 is 0 Å². The number of aromatic nitrogens is 1. The Labute approximate surface area is 160 Å². The standard InChI is InChI=1S/C19H22FN3O3S/c1-10-15(11-6-4-5-7-12(11)20)22-18(27-10)19(2,3)23-17(25)14-9-8-13(26-14)16(21)24/h4-7,13-14H,8-9H2,1-3H3,(H2,21,24)(H,23,25)/t13-,14+/m1/s1. The van der Waals surface area contributed by atoms with Crippen LogP contribution in [0.4, 0.5) is 4.39 Å². The fourth-order valence-corrected chi connectivity index (χ4v) is 4.03. The van der Waals surface area contributed by atoms with E-state index in [1.807, 2.05) is 20.8 Å². The smallest absolute Gasteiger partial charge is 0.249 e. The second kappa shape index (κ2) is 7.36. The summed E-state index contributed by atoms with van der Waals surface area (Å²) < 4.78 is 19.5. The molecule has 0 saturated carbocycles. The van der Waals surface area contributed by atoms with Crippen molar-refractivity contribution in [2.75, 3.05) is 0 Å². The fourth-order valence-electron chi connectivity index (χ4n) is 3.05. The summed E-state index contributed by atoms with van der Waals surface area (Å²) in [6, 6.07) is 6.47. The highest BCUT2D eigenvalue weighted by atomic mass is 32.1. The summed E-state index contributed by atoms with van der Waals surface area (Å²) in [6.45, 7) is 5.53. The summed E-state index contributed by atoms with van der Waals surface area (Å²) in [5, 5.41) is 3.58. The van der Waals surface area contributed by atoms with Crippen molar-refractivity contribution in [2.45, 2.75) is 51.4 Å². The zero-order chi connectivity index (χ0) is 19.8. The summed E-state index contributed by atoms with van der Waals surface area (Å²) in [6.07, 6.45) is -0.568. The minimum atomic E-state index is -0.774. The highest BCUT2D eigenvalue weighted by Crippen LogP contribution is 2.34. The topological polar surface area (TPSA) is 94.3 Å². The first-order chi connectivity index (χ1) is 12.7. The quantitative estimate of drug-likeness (QED) is 0.819. The van der Waals surface area contributed by atoms with Crippen molar-refractivity contribution in [1.82, 2.24) is 10.3 Å². The van der Waals surface area contributed by atoms with E-state index >= 15 is 0 Å². The van der Waals surface area contributed by atoms with Crippen LogP contribution < -0.4 is 11.1 Å². The molecule has 2 aromatic rings. The van der Waals surface area contributed by atoms with Gasteiger partial charge in [-0.15, -0.1) is 11.3 Å². The number of nitrogens with zero attached hydrogens (tertiary/aromatic N) is 1. The van der Waals surface area contributed by atoms with Gasteiger partial charge in [0.15, 0.2) is 0 Å². The first-order valence-corrected chi connectivity index (χ1v) is 9.50. The van der Waals surface area contributed by atoms with Crippen LogP contribution in [0.1, 0.15) is 36.6 Å². The Hall–Kier alpha value is -2.32. The molecular weight excluding hydrogens is 369 g/mol. The number of aryl methyl sites for hydroxylation is 1. The van der Waals surface area contributed by atoms with E-state index in [0.29, 0.717) is 29.1 Å². The number of benzene rings is 1. The van der Waals surface area contributed by atoms with Gasteiger partial charge in [-0.3, -0.25) is 9.59 Å². The Kier molecular flexibility index (Phi) is 5.30. The van der Waals surface area contributed by atoms with Crippen LogP contribution in [0.25, 0.3) is 11.3 Å². The molecule has 1 saturated heterocycles. The predicted molar refractivity (Wildman–Crippen MR) is 101 cm³/mol. The summed E-state index contributed by atoms with van der Waals surface area (Å²) in [4.78, 5) is 29.2. The summed E-state index contributed by atoms with van der Waals surface area (Å²) >= 11 is 1.41. The second-order valence-electron chi connectivity index (χ2n) is 7.11. The summed E-state index contributed by atoms with van der Waals surface area (Å²) in [5.74, 6) is -1.21. The van der Waals surface area contributed by atoms with Crippen LogP contribution in [0.2, 0.25) is 0 Å². The molecule has 0 spiro atoms. The Morgan fingerprint density at radius 3 is 2.59 bits per heavy atom. The van der Waals surface area contributed by atoms with Crippen LogP contribution in [0.15, 0.2) is 24.3 Å². The number of carbonyl (C=O) groups excluding carboxylic acids is 2. The number of amides is 2. The largest absolute Gasteiger partial charge is 0.367 e. The molecule has 1 fully saturated rings. The van der Waals surface area contributed by atoms with Gasteiger partial charge in [-0.25, -0.2) is 9.37 Å². The lowest BCUT2D eigenvalue weighted by molar-refractivity contribution is -0.138. The van der Waals surface area contributed by atoms with E-state index in [1.165, 1.54) is 17.4 Å². The Bertz CT molecular complexity index is 881. The number of rotatable bonds is 5. The Morgan fingerprint density at radius 1 is 1.30 bits per heavy atom. The number of carbonyl (C=O) groups is 2. The molecule has 2 amide bonds. The zero-order valence-corrected chi connectivity index (χ0v) is 16.2. The molecule has 0 radical (unpaired) electrons. The van der Waals surface area contributed by atoms with Crippen molar-refractivity contribution in [3.8, 4) is 11.3 Å². The van der Waals surface area contributed by atoms with Crippen LogP contribution in [0.3, 0.4) is 0 Å². The third-order valence-electron chi connectivity index (χ3n) is 4.53. The SMILES string of the molecule is Cc1sc(C(C)(C)NC(=O)[C@@H]2CC[C@H](C(N)=O)O2)nc1-c1ccccc1F. The monoisotopic (exact) mass is 391 g/mol. The van der Waals surface area contributed by atoms with Crippen LogP contribution in [-0.2, 0) is 19.9 Å². The molecule has 6 nitrogen and oxygen atoms in total. The highest BCUT2D eigenvalue weighted by molar-refractivity contribution is 7.12. The zero-order valence-electron chi connectivity index (χ0n) is 15.4. The van der Waals surface area contributed by atoms with E-state index in [0.717, 1.165) is 4.88 Å². The molecule has 0 bridgehead atoms. The summed E-state index contributed by atoms with van der Waals surface area (Å²) in [7, 11) is 0. The number of nitrogens with one attached hydrogen (secondary N) is 1. The molecule has 1 aliphatic heterocycles. The van der Waals surface area contributed by atoms with Crippen LogP contribution >= 0.6 is 11.3 Å². The van der Waals surface area contributed by atoms with Gasteiger partial charge < -0.3 is 15.8 Å². The average Bonchev–Trinajstić information content (AvgIpc) is 3.22. The van der Waals surface area contributed by atoms with Crippen molar-refractivity contribution in [1.29, 1.82) is 0 Å². The maximum Gasteiger partial charge on any atom is 0.249 e. The molecule has 3 N–H and O–H groups in total. The van der Waals surface area contributed by atoms with Crippen molar-refractivity contribution >= 4 is 23.2 Å². The normalized spacial score (nSPS) is 19.9. The third kappa shape index (κ3) is 4.01. The number of hydrogen-bond acceptors (Lipinski definition) is 5. The molecule has 1 aromatic heterocycles. The molecule has 1 aliphatic rings. The number of hydrogen-bond donors (Lipinski definition) is 2. The number of ether oxygens (including phenoxy) is 1. The van der Waals surface area contributed by atoms with Crippen LogP contribution in [0, 0.1) is 12.7 Å². The van der Waals surface area contributed by atoms with Gasteiger partial charge in [0.25, 0.3) is 0 Å². The molecule has 0 unspecified atom stereocenters. The van der Waals surface area contributed by atoms with Crippen molar-refractivity contribution in [3.05, 3.63) is 40.0 Å². The number of nitrogens with two attached hydrogens (primary N) is 1. The lowest BCUT2D eigenvalue weighted by atomic mass is 10.1. The van der Waals surface area contributed by atoms with Crippen molar-refractivity contribution < 1.29 is 18.7 Å². The predicted octanol–water partition coefficient (Wildman–Crippen LogP) is 2.64. The van der Waals surface area contributed by atoms with Crippen LogP contribution in [0.5, 0.6) is 0 Å². The van der Waals surface area contributed by atoms with Gasteiger partial charge in [0.1, 0.15) is 23.0 Å². The number of halogens is 1. The van der Waals surface area contributed by atoms with E-state index in [4.69, 9.17) is 10.5 Å². The lowest BCUT2D eigenvalue weighted by Crippen LogP contribution is -2.46. The van der Waals surface area contributed by atoms with E-state index < -0.39 is 23.7 Å². The molecule has 2 atom stereocenters. The van der Waals surface area contributed by atoms with Crippen molar-refractivity contribution in [3.63, 3.8) is 0 Å². The Balaban J connectivity index is 1.78. The van der Waals surface area contributed by atoms with E-state index in [1.54, 1.807) is 18.2 Å². The van der Waals surface area contributed by atoms with Gasteiger partial charge in [-0.05, 0) is 45.7 Å². The fraction of sp³-hybridized carbons (Fsp3) is 0.421. The Morgan fingerprint density at radius 2 is 1.96 bits per heavy atom. The molecule has 8 heteroatoms. The molecule has 3 rings (SSSR count). The average molecular weight is 391 g/mol. The first kappa shape index (κ1) is 19.4. The van der Waals surface area contributed by atoms with E-state index in [2.05, 4.69) is 10.3 Å². The molecule has 144 valence electrons. The van der Waals surface area contributed by atoms with E-state index in [9.17, 15) is 14.0 Å². The van der Waals surface area contributed by atoms with Gasteiger partial charge in [0.05, 0.1) is 11.2 Å². The van der Waals surface area contributed by atoms with Gasteiger partial charge in [0.2, 0.25) is 11.8 Å². The van der Waals surface area contributed by atoms with Gasteiger partial charge in [-0.2, -0.15) is 0 Å². The maximum atomic E-state index is 14.1.